The van der Waals surface area contributed by atoms with Crippen LogP contribution in [-0.2, 0) is 39.1 Å². The molecular weight excluding hydrogens is 984 g/mol. The van der Waals surface area contributed by atoms with Crippen molar-refractivity contribution < 1.29 is 26.3 Å². The second-order valence-corrected chi connectivity index (χ2v) is 22.2. The molecule has 7 N–H and O–H groups in total. The van der Waals surface area contributed by atoms with Crippen LogP contribution in [0, 0.1) is 0 Å². The van der Waals surface area contributed by atoms with Gasteiger partial charge in [0.05, 0.1) is 69.7 Å². The molecule has 0 bridgehead atoms. The van der Waals surface area contributed by atoms with Crippen molar-refractivity contribution in [2.24, 2.45) is 5.73 Å². The second kappa shape index (κ2) is 25.0. The van der Waals surface area contributed by atoms with Gasteiger partial charge in [-0.3, -0.25) is 0 Å². The summed E-state index contributed by atoms with van der Waals surface area (Å²) in [7, 11) is -3.86. The van der Waals surface area contributed by atoms with Gasteiger partial charge in [-0.15, -0.1) is 0 Å². The van der Waals surface area contributed by atoms with Gasteiger partial charge in [0.1, 0.15) is 21.5 Å². The zero-order valence-corrected chi connectivity index (χ0v) is 43.3. The summed E-state index contributed by atoms with van der Waals surface area (Å²) in [5, 5.41) is 15.3. The molecule has 0 fully saturated rings. The van der Waals surface area contributed by atoms with E-state index in [2.05, 4.69) is 58.7 Å². The van der Waals surface area contributed by atoms with Gasteiger partial charge < -0.3 is 41.8 Å². The number of nitrogens with two attached hydrogens (primary N) is 1. The van der Waals surface area contributed by atoms with Crippen molar-refractivity contribution in [3.8, 4) is 11.5 Å². The maximum atomic E-state index is 12.9. The number of nitrogens with zero attached hydrogens (tertiary/aromatic N) is 4. The first-order chi connectivity index (χ1) is 34.0. The van der Waals surface area contributed by atoms with Gasteiger partial charge in [0.2, 0.25) is 11.9 Å². The first-order valence-corrected chi connectivity index (χ1v) is 26.5. The highest BCUT2D eigenvalue weighted by Gasteiger charge is 2.25. The first-order valence-electron chi connectivity index (χ1n) is 22.6. The fourth-order valence-electron chi connectivity index (χ4n) is 6.91. The number of para-hydroxylation sites is 2. The summed E-state index contributed by atoms with van der Waals surface area (Å²) in [6.45, 7) is 8.70. The Morgan fingerprint density at radius 2 is 0.986 bits per heavy atom. The number of benzene rings is 5. The molecule has 71 heavy (non-hydrogen) atoms. The Balaban J connectivity index is 0.000000237. The smallest absolute Gasteiger partial charge is 0.229 e. The van der Waals surface area contributed by atoms with Crippen LogP contribution in [0.5, 0.6) is 11.5 Å². The normalized spacial score (nSPS) is 11.4. The maximum Gasteiger partial charge on any atom is 0.229 e. The molecule has 0 saturated heterocycles. The molecule has 0 atom stereocenters. The van der Waals surface area contributed by atoms with Gasteiger partial charge in [0, 0.05) is 6.54 Å². The largest absolute Gasteiger partial charge is 0.495 e. The third-order valence-electron chi connectivity index (χ3n) is 10.8. The molecular formula is C51H58Cl2N10O6S2. The van der Waals surface area contributed by atoms with E-state index in [0.717, 1.165) is 30.6 Å². The molecule has 0 aliphatic heterocycles. The summed E-state index contributed by atoms with van der Waals surface area (Å²) in [5.74, 6) is 2.35. The van der Waals surface area contributed by atoms with Crippen molar-refractivity contribution in [3.63, 3.8) is 0 Å². The number of sulfone groups is 2. The van der Waals surface area contributed by atoms with E-state index in [4.69, 9.17) is 38.4 Å². The van der Waals surface area contributed by atoms with Crippen LogP contribution >= 0.6 is 23.2 Å². The van der Waals surface area contributed by atoms with E-state index < -0.39 is 30.2 Å². The molecule has 0 amide bonds. The monoisotopic (exact) mass is 1040 g/mol. The van der Waals surface area contributed by atoms with Crippen molar-refractivity contribution in [3.05, 3.63) is 154 Å². The summed E-state index contributed by atoms with van der Waals surface area (Å²) in [4.78, 5) is 17.9. The van der Waals surface area contributed by atoms with Crippen LogP contribution in [0.15, 0.2) is 137 Å². The molecule has 16 nitrogen and oxygen atoms in total. The van der Waals surface area contributed by atoms with Gasteiger partial charge in [-0.1, -0.05) is 89.9 Å². The first kappa shape index (κ1) is 53.8. The second-order valence-electron chi connectivity index (χ2n) is 16.5. The number of rotatable bonds is 21. The van der Waals surface area contributed by atoms with Crippen LogP contribution in [0.25, 0.3) is 0 Å². The van der Waals surface area contributed by atoms with Crippen molar-refractivity contribution in [2.45, 2.75) is 67.4 Å². The van der Waals surface area contributed by atoms with Crippen LogP contribution in [0.4, 0.5) is 46.3 Å². The molecule has 2 aromatic heterocycles. The van der Waals surface area contributed by atoms with Gasteiger partial charge in [0.25, 0.3) is 0 Å². The van der Waals surface area contributed by atoms with E-state index in [1.807, 2.05) is 54.6 Å². The highest BCUT2D eigenvalue weighted by Crippen LogP contribution is 2.34. The van der Waals surface area contributed by atoms with E-state index in [9.17, 15) is 16.8 Å². The highest BCUT2D eigenvalue weighted by atomic mass is 35.5. The Kier molecular flexibility index (Phi) is 19.0. The summed E-state index contributed by atoms with van der Waals surface area (Å²) in [5.41, 5.74) is 11.2. The van der Waals surface area contributed by atoms with E-state index in [1.165, 1.54) is 18.0 Å². The molecule has 5 aromatic carbocycles. The summed E-state index contributed by atoms with van der Waals surface area (Å²) >= 11 is 12.7. The van der Waals surface area contributed by atoms with E-state index in [-0.39, 0.29) is 43.4 Å². The molecule has 0 aliphatic carbocycles. The molecule has 7 rings (SSSR count). The number of hydrogen-bond acceptors (Lipinski definition) is 16. The van der Waals surface area contributed by atoms with Gasteiger partial charge in [-0.25, -0.2) is 26.8 Å². The van der Waals surface area contributed by atoms with Crippen molar-refractivity contribution in [2.75, 3.05) is 48.6 Å². The molecule has 7 aromatic rings. The zero-order valence-electron chi connectivity index (χ0n) is 40.2. The third-order valence-corrected chi connectivity index (χ3v) is 15.8. The number of anilines is 8. The van der Waals surface area contributed by atoms with Gasteiger partial charge in [0.15, 0.2) is 31.3 Å². The minimum Gasteiger partial charge on any atom is -0.495 e. The molecule has 0 spiro atoms. The Labute approximate surface area is 426 Å². The molecule has 374 valence electrons. The number of halogens is 2. The highest BCUT2D eigenvalue weighted by molar-refractivity contribution is 7.92. The van der Waals surface area contributed by atoms with Gasteiger partial charge >= 0.3 is 0 Å². The number of methoxy groups -OCH3 is 2. The lowest BCUT2D eigenvalue weighted by Crippen LogP contribution is -2.16. The number of nitrogens with one attached hydrogen (secondary N) is 5. The standard InChI is InChI=1S/C29H32ClN5O3S.C22H26ClN5O3S/c1-20(2)39(36,37)27-12-8-7-11-24(27)33-28-23(30)19-32-29(35-28)34-25-17-21(13-14-26(25)38-3)15-16-31-18-22-9-5-4-6-10-22;1-14(2)32(29,30)20-7-5-4-6-17(20)26-21-16(23)13-25-22(28-21)27-18-12-15(10-11-24)8-9-19(18)31-3/h4-14,17,19-20,31H,15-16,18H2,1-3H3,(H2,32,33,34,35);4-9,12-14H,10-11,24H2,1-3H3,(H2,25,26,27,28). The fraction of sp³-hybridized carbons (Fsp3) is 0.255. The van der Waals surface area contributed by atoms with Crippen molar-refractivity contribution in [1.82, 2.24) is 25.3 Å². The van der Waals surface area contributed by atoms with E-state index >= 15 is 0 Å². The van der Waals surface area contributed by atoms with Crippen LogP contribution in [0.1, 0.15) is 44.4 Å². The summed E-state index contributed by atoms with van der Waals surface area (Å²) in [6, 6.07) is 35.2. The topological polar surface area (TPSA) is 224 Å². The number of ether oxygens (including phenoxy) is 2. The fourth-order valence-corrected chi connectivity index (χ4v) is 9.59. The van der Waals surface area contributed by atoms with Crippen LogP contribution in [0.2, 0.25) is 10.0 Å². The summed E-state index contributed by atoms with van der Waals surface area (Å²) in [6.07, 6.45) is 4.44. The average Bonchev–Trinajstić information content (AvgIpc) is 3.36. The Bertz CT molecular complexity index is 3130. The van der Waals surface area contributed by atoms with Gasteiger partial charge in [-0.2, -0.15) is 9.97 Å². The van der Waals surface area contributed by atoms with E-state index in [1.54, 1.807) is 90.4 Å². The van der Waals surface area contributed by atoms with Crippen molar-refractivity contribution >= 4 is 89.2 Å². The van der Waals surface area contributed by atoms with Gasteiger partial charge in [-0.05, 0) is 119 Å². The van der Waals surface area contributed by atoms with Crippen LogP contribution in [0.3, 0.4) is 0 Å². The zero-order chi connectivity index (χ0) is 51.1. The molecule has 2 heterocycles. The minimum atomic E-state index is -3.52. The predicted octanol–water partition coefficient (Wildman–Crippen LogP) is 10.4. The maximum absolute atomic E-state index is 12.9. The quantitative estimate of drug-likeness (QED) is 0.0368. The van der Waals surface area contributed by atoms with Crippen LogP contribution < -0.4 is 41.8 Å². The SMILES string of the molecule is COc1ccc(CCN)cc1Nc1ncc(Cl)c(Nc2ccccc2S(=O)(=O)C(C)C)n1.COc1ccc(CCNCc2ccccc2)cc1Nc1ncc(Cl)c(Nc2ccccc2S(=O)(=O)C(C)C)n1. The molecule has 0 saturated carbocycles. The molecule has 20 heteroatoms. The van der Waals surface area contributed by atoms with Crippen molar-refractivity contribution in [1.29, 1.82) is 0 Å². The number of hydrogen-bond donors (Lipinski definition) is 6. The minimum absolute atomic E-state index is 0.176. The lowest BCUT2D eigenvalue weighted by Gasteiger charge is -2.16. The Morgan fingerprint density at radius 1 is 0.549 bits per heavy atom. The van der Waals surface area contributed by atoms with Crippen LogP contribution in [-0.4, -0.2) is 74.6 Å². The van der Waals surface area contributed by atoms with E-state index in [0.29, 0.717) is 47.2 Å². The Morgan fingerprint density at radius 3 is 1.42 bits per heavy atom. The Hall–Kier alpha value is -6.54. The lowest BCUT2D eigenvalue weighted by atomic mass is 10.1. The molecule has 0 radical (unpaired) electrons. The molecule has 0 aliphatic rings. The lowest BCUT2D eigenvalue weighted by molar-refractivity contribution is 0.416. The summed E-state index contributed by atoms with van der Waals surface area (Å²) < 4.78 is 62.2. The third kappa shape index (κ3) is 14.3. The average molecular weight is 1040 g/mol. The number of aromatic nitrogens is 4. The molecule has 0 unspecified atom stereocenters. The predicted molar refractivity (Wildman–Crippen MR) is 285 cm³/mol.